The molecule has 220 valence electrons. The number of carbonyl (C=O) groups excluding carboxylic acids is 1. The lowest BCUT2D eigenvalue weighted by Gasteiger charge is -2.29. The summed E-state index contributed by atoms with van der Waals surface area (Å²) in [5.41, 5.74) is 1.93. The van der Waals surface area contributed by atoms with Crippen molar-refractivity contribution < 1.29 is 26.9 Å². The first-order valence-electron chi connectivity index (χ1n) is 13.2. The van der Waals surface area contributed by atoms with Gasteiger partial charge in [0.25, 0.3) is 0 Å². The number of nitrogens with zero attached hydrogens (tertiary/aromatic N) is 2. The van der Waals surface area contributed by atoms with Crippen molar-refractivity contribution in [2.24, 2.45) is 0 Å². The third-order valence-electron chi connectivity index (χ3n) is 6.27. The summed E-state index contributed by atoms with van der Waals surface area (Å²) in [5.74, 6) is -0.714. The maximum Gasteiger partial charge on any atom is 0.324 e. The molecule has 2 rings (SSSR count). The summed E-state index contributed by atoms with van der Waals surface area (Å²) in [7, 11) is -5.93. The van der Waals surface area contributed by atoms with Crippen molar-refractivity contribution >= 4 is 35.1 Å². The Labute approximate surface area is 242 Å². The molecule has 0 saturated heterocycles. The number of methoxy groups -OCH3 is 1. The number of ether oxygens (including phenoxy) is 2. The highest BCUT2D eigenvalue weighted by atomic mass is 32.2. The number of sulfonamides is 1. The van der Waals surface area contributed by atoms with Crippen molar-refractivity contribution in [2.45, 2.75) is 80.7 Å². The number of nitrogens with one attached hydrogen (secondary N) is 1. The van der Waals surface area contributed by atoms with Gasteiger partial charge in [0.1, 0.15) is 29.8 Å². The Hall–Kier alpha value is -2.40. The summed E-state index contributed by atoms with van der Waals surface area (Å²) in [4.78, 5) is 13.5. The van der Waals surface area contributed by atoms with Gasteiger partial charge in [-0.2, -0.15) is 9.57 Å². The number of carbonyl (C=O) groups is 1. The van der Waals surface area contributed by atoms with Gasteiger partial charge in [0.15, 0.2) is 0 Å². The van der Waals surface area contributed by atoms with E-state index in [-0.39, 0.29) is 24.5 Å². The average Bonchev–Trinajstić information content (AvgIpc) is 2.90. The van der Waals surface area contributed by atoms with Gasteiger partial charge >= 0.3 is 5.97 Å². The Morgan fingerprint density at radius 1 is 1.05 bits per heavy atom. The van der Waals surface area contributed by atoms with Crippen molar-refractivity contribution in [3.05, 3.63) is 59.7 Å². The number of rotatable bonds is 16. The van der Waals surface area contributed by atoms with E-state index in [4.69, 9.17) is 9.47 Å². The van der Waals surface area contributed by atoms with E-state index in [1.54, 1.807) is 24.3 Å². The molecule has 2 aromatic rings. The molecule has 9 nitrogen and oxygen atoms in total. The molecule has 0 spiro atoms. The number of hydrogen-bond donors (Lipinski definition) is 1. The van der Waals surface area contributed by atoms with Crippen molar-refractivity contribution in [3.8, 4) is 6.07 Å². The first-order chi connectivity index (χ1) is 18.8. The molecule has 0 heterocycles. The first-order valence-corrected chi connectivity index (χ1v) is 19.5. The zero-order valence-corrected chi connectivity index (χ0v) is 26.8. The van der Waals surface area contributed by atoms with Crippen LogP contribution in [0.5, 0.6) is 0 Å². The first kappa shape index (κ1) is 33.8. The molecule has 0 bridgehead atoms. The SMILES string of the molecule is COC(=O)[C@H](CCC[C@@H](C#N)N[S@@](=O)c1ccc(C)cc1)N(COCC[Si](C)(C)C)S(=O)(=O)c1ccc(C)cc1. The topological polar surface area (TPSA) is 126 Å². The third-order valence-corrected chi connectivity index (χ3v) is 11.0. The molecular weight excluding hydrogens is 567 g/mol. The fraction of sp³-hybridized carbons (Fsp3) is 0.500. The predicted octanol–water partition coefficient (Wildman–Crippen LogP) is 4.52. The molecule has 0 aliphatic carbocycles. The number of benzene rings is 2. The summed E-state index contributed by atoms with van der Waals surface area (Å²) < 4.78 is 54.8. The molecular formula is C28H41N3O6S2Si. The van der Waals surface area contributed by atoms with Crippen LogP contribution in [0.4, 0.5) is 0 Å². The second-order valence-electron chi connectivity index (χ2n) is 10.9. The highest BCUT2D eigenvalue weighted by Gasteiger charge is 2.37. The second-order valence-corrected chi connectivity index (χ2v) is 19.7. The molecule has 0 unspecified atom stereocenters. The lowest BCUT2D eigenvalue weighted by atomic mass is 10.1. The van der Waals surface area contributed by atoms with Crippen molar-refractivity contribution in [1.29, 1.82) is 5.26 Å². The van der Waals surface area contributed by atoms with Crippen molar-refractivity contribution in [3.63, 3.8) is 0 Å². The molecule has 0 radical (unpaired) electrons. The van der Waals surface area contributed by atoms with Gasteiger partial charge in [-0.05, 0) is 63.4 Å². The predicted molar refractivity (Wildman–Crippen MR) is 159 cm³/mol. The van der Waals surface area contributed by atoms with Crippen LogP contribution in [0.25, 0.3) is 0 Å². The van der Waals surface area contributed by atoms with Gasteiger partial charge in [0, 0.05) is 14.7 Å². The molecule has 0 saturated carbocycles. The summed E-state index contributed by atoms with van der Waals surface area (Å²) in [6.07, 6.45) is 0.633. The van der Waals surface area contributed by atoms with Crippen LogP contribution >= 0.6 is 0 Å². The summed E-state index contributed by atoms with van der Waals surface area (Å²) >= 11 is 0. The van der Waals surface area contributed by atoms with Crippen LogP contribution in [0.15, 0.2) is 58.3 Å². The van der Waals surface area contributed by atoms with Crippen LogP contribution in [0.3, 0.4) is 0 Å². The van der Waals surface area contributed by atoms with Crippen molar-refractivity contribution in [2.75, 3.05) is 20.4 Å². The minimum Gasteiger partial charge on any atom is -0.468 e. The van der Waals surface area contributed by atoms with Crippen molar-refractivity contribution in [1.82, 2.24) is 9.03 Å². The van der Waals surface area contributed by atoms with Gasteiger partial charge in [0.05, 0.1) is 23.0 Å². The fourth-order valence-electron chi connectivity index (χ4n) is 3.75. The summed E-state index contributed by atoms with van der Waals surface area (Å²) in [6.45, 7) is 10.4. The van der Waals surface area contributed by atoms with E-state index >= 15 is 0 Å². The lowest BCUT2D eigenvalue weighted by molar-refractivity contribution is -0.147. The normalized spacial score (nSPS) is 14.3. The summed E-state index contributed by atoms with van der Waals surface area (Å²) in [5, 5.41) is 9.64. The minimum absolute atomic E-state index is 0.0471. The van der Waals surface area contributed by atoms with E-state index in [2.05, 4.69) is 30.4 Å². The maximum absolute atomic E-state index is 13.7. The Morgan fingerprint density at radius 3 is 2.15 bits per heavy atom. The quantitative estimate of drug-likeness (QED) is 0.129. The molecule has 0 aliphatic rings. The molecule has 0 aliphatic heterocycles. The highest BCUT2D eigenvalue weighted by molar-refractivity contribution is 7.89. The second kappa shape index (κ2) is 15.6. The monoisotopic (exact) mass is 607 g/mol. The average molecular weight is 608 g/mol. The molecule has 2 aromatic carbocycles. The Balaban J connectivity index is 2.21. The number of hydrogen-bond acceptors (Lipinski definition) is 7. The van der Waals surface area contributed by atoms with E-state index < -0.39 is 47.1 Å². The van der Waals surface area contributed by atoms with Gasteiger partial charge in [-0.1, -0.05) is 55.0 Å². The van der Waals surface area contributed by atoms with Gasteiger partial charge < -0.3 is 9.47 Å². The van der Waals surface area contributed by atoms with Gasteiger partial charge in [0.2, 0.25) is 10.0 Å². The molecule has 0 amide bonds. The zero-order valence-electron chi connectivity index (χ0n) is 24.2. The van der Waals surface area contributed by atoms with Crippen LogP contribution in [0.1, 0.15) is 30.4 Å². The number of aryl methyl sites for hydroxylation is 2. The van der Waals surface area contributed by atoms with Crippen LogP contribution in [0.2, 0.25) is 25.7 Å². The Bertz CT molecular complexity index is 1270. The minimum atomic E-state index is -4.11. The van der Waals surface area contributed by atoms with Gasteiger partial charge in [-0.3, -0.25) is 4.79 Å². The molecule has 12 heteroatoms. The maximum atomic E-state index is 13.7. The van der Waals surface area contributed by atoms with E-state index in [0.717, 1.165) is 21.5 Å². The van der Waals surface area contributed by atoms with E-state index in [9.17, 15) is 22.7 Å². The molecule has 0 aromatic heterocycles. The molecule has 1 N–H and O–H groups in total. The highest BCUT2D eigenvalue weighted by Crippen LogP contribution is 2.23. The van der Waals surface area contributed by atoms with E-state index in [1.807, 2.05) is 26.0 Å². The van der Waals surface area contributed by atoms with Crippen LogP contribution in [-0.4, -0.2) is 63.5 Å². The largest absolute Gasteiger partial charge is 0.468 e. The van der Waals surface area contributed by atoms with Crippen LogP contribution < -0.4 is 4.72 Å². The molecule has 0 fully saturated rings. The fourth-order valence-corrected chi connectivity index (χ4v) is 6.94. The third kappa shape index (κ3) is 10.5. The van der Waals surface area contributed by atoms with Gasteiger partial charge in [-0.25, -0.2) is 17.3 Å². The smallest absolute Gasteiger partial charge is 0.324 e. The molecule has 40 heavy (non-hydrogen) atoms. The Kier molecular flexibility index (Phi) is 13.1. The number of esters is 1. The van der Waals surface area contributed by atoms with Crippen LogP contribution in [0, 0.1) is 25.2 Å². The van der Waals surface area contributed by atoms with E-state index in [1.165, 1.54) is 19.2 Å². The standard InChI is InChI=1S/C28H41N3O6S2Si/c1-22-10-14-25(15-11-22)38(33)30-24(20-29)8-7-9-27(28(32)36-3)31(21-37-18-19-40(4,5)6)39(34,35)26-16-12-23(2)13-17-26/h10-17,24,27,30H,7-9,18-19,21H2,1-6H3/t24-,27-,38-/m0/s1. The lowest BCUT2D eigenvalue weighted by Crippen LogP contribution is -2.47. The van der Waals surface area contributed by atoms with Gasteiger partial charge in [-0.15, -0.1) is 0 Å². The van der Waals surface area contributed by atoms with E-state index in [0.29, 0.717) is 17.9 Å². The summed E-state index contributed by atoms with van der Waals surface area (Å²) in [6, 6.07) is 14.6. The zero-order chi connectivity index (χ0) is 29.9. The molecule has 3 atom stereocenters. The number of nitriles is 1. The Morgan fingerprint density at radius 2 is 1.62 bits per heavy atom. The van der Waals surface area contributed by atoms with Crippen LogP contribution in [-0.2, 0) is 35.3 Å².